The highest BCUT2D eigenvalue weighted by Crippen LogP contribution is 2.19. The van der Waals surface area contributed by atoms with Crippen LogP contribution in [0, 0.1) is 5.82 Å². The lowest BCUT2D eigenvalue weighted by Crippen LogP contribution is -2.14. The molecule has 0 aliphatic rings. The number of aryl methyl sites for hydroxylation is 1. The Hall–Kier alpha value is -2.21. The van der Waals surface area contributed by atoms with Gasteiger partial charge in [-0.25, -0.2) is 4.39 Å². The molecule has 1 amide bonds. The first-order chi connectivity index (χ1) is 10.0. The van der Waals surface area contributed by atoms with E-state index in [2.05, 4.69) is 0 Å². The van der Waals surface area contributed by atoms with Gasteiger partial charge in [0.05, 0.1) is 10.4 Å². The van der Waals surface area contributed by atoms with Crippen molar-refractivity contribution in [3.8, 4) is 5.75 Å². The lowest BCUT2D eigenvalue weighted by Gasteiger charge is -2.06. The molecule has 0 saturated heterocycles. The van der Waals surface area contributed by atoms with Crippen molar-refractivity contribution in [2.75, 3.05) is 6.61 Å². The summed E-state index contributed by atoms with van der Waals surface area (Å²) in [7, 11) is 0. The van der Waals surface area contributed by atoms with Crippen LogP contribution in [0.25, 0.3) is 0 Å². The van der Waals surface area contributed by atoms with E-state index in [1.807, 2.05) is 13.0 Å². The topological polar surface area (TPSA) is 69.4 Å². The fraction of sp³-hybridized carbons (Fsp3) is 0.200. The van der Waals surface area contributed by atoms with Crippen LogP contribution >= 0.6 is 11.3 Å². The fourth-order valence-electron chi connectivity index (χ4n) is 1.72. The molecule has 0 aliphatic heterocycles. The molecule has 2 N–H and O–H groups in total. The first kappa shape index (κ1) is 15.2. The quantitative estimate of drug-likeness (QED) is 0.834. The third-order valence-electron chi connectivity index (χ3n) is 2.86. The summed E-state index contributed by atoms with van der Waals surface area (Å²) in [5.74, 6) is -1.60. The van der Waals surface area contributed by atoms with Crippen LogP contribution in [-0.4, -0.2) is 18.3 Å². The maximum absolute atomic E-state index is 13.5. The van der Waals surface area contributed by atoms with E-state index in [-0.39, 0.29) is 23.7 Å². The van der Waals surface area contributed by atoms with Gasteiger partial charge in [0.25, 0.3) is 5.91 Å². The molecule has 1 aromatic carbocycles. The van der Waals surface area contributed by atoms with Gasteiger partial charge < -0.3 is 10.5 Å². The normalized spacial score (nSPS) is 10.4. The van der Waals surface area contributed by atoms with Crippen LogP contribution in [0.15, 0.2) is 30.3 Å². The Labute approximate surface area is 125 Å². The number of ether oxygens (including phenoxy) is 1. The van der Waals surface area contributed by atoms with Gasteiger partial charge >= 0.3 is 0 Å². The first-order valence-corrected chi connectivity index (χ1v) is 7.17. The number of amides is 1. The largest absolute Gasteiger partial charge is 0.485 e. The number of hydrogen-bond acceptors (Lipinski definition) is 4. The number of thiophene rings is 1. The molecule has 0 fully saturated rings. The molecule has 0 aliphatic carbocycles. The van der Waals surface area contributed by atoms with Crippen LogP contribution in [0.4, 0.5) is 4.39 Å². The average Bonchev–Trinajstić information content (AvgIpc) is 2.93. The third-order valence-corrected chi connectivity index (χ3v) is 4.13. The molecule has 0 bridgehead atoms. The van der Waals surface area contributed by atoms with Crippen LogP contribution in [-0.2, 0) is 6.42 Å². The van der Waals surface area contributed by atoms with Crippen LogP contribution in [0.5, 0.6) is 5.75 Å². The Morgan fingerprint density at radius 3 is 2.62 bits per heavy atom. The van der Waals surface area contributed by atoms with Gasteiger partial charge in [0.2, 0.25) is 5.78 Å². The third kappa shape index (κ3) is 3.66. The van der Waals surface area contributed by atoms with Crippen molar-refractivity contribution in [1.82, 2.24) is 0 Å². The molecule has 0 saturated carbocycles. The Balaban J connectivity index is 2.01. The van der Waals surface area contributed by atoms with Gasteiger partial charge in [-0.1, -0.05) is 6.92 Å². The summed E-state index contributed by atoms with van der Waals surface area (Å²) in [6.45, 7) is 1.83. The number of rotatable bonds is 6. The van der Waals surface area contributed by atoms with Crippen molar-refractivity contribution in [3.63, 3.8) is 0 Å². The highest BCUT2D eigenvalue weighted by Gasteiger charge is 2.12. The Morgan fingerprint density at radius 2 is 2.05 bits per heavy atom. The van der Waals surface area contributed by atoms with Gasteiger partial charge in [-0.05, 0) is 30.7 Å². The van der Waals surface area contributed by atoms with E-state index >= 15 is 0 Å². The number of nitrogens with two attached hydrogens (primary N) is 1. The smallest absolute Gasteiger partial charge is 0.251 e. The van der Waals surface area contributed by atoms with Crippen molar-refractivity contribution < 1.29 is 18.7 Å². The summed E-state index contributed by atoms with van der Waals surface area (Å²) in [5.41, 5.74) is 4.80. The van der Waals surface area contributed by atoms with Crippen LogP contribution < -0.4 is 10.5 Å². The van der Waals surface area contributed by atoms with E-state index < -0.39 is 11.7 Å². The second-order valence-corrected chi connectivity index (χ2v) is 5.51. The minimum atomic E-state index is -0.846. The minimum Gasteiger partial charge on any atom is -0.485 e. The predicted octanol–water partition coefficient (Wildman–Crippen LogP) is 2.81. The summed E-state index contributed by atoms with van der Waals surface area (Å²) < 4.78 is 18.8. The van der Waals surface area contributed by atoms with Crippen LogP contribution in [0.2, 0.25) is 0 Å². The van der Waals surface area contributed by atoms with E-state index in [0.717, 1.165) is 17.4 Å². The number of carbonyl (C=O) groups is 2. The van der Waals surface area contributed by atoms with Crippen molar-refractivity contribution in [1.29, 1.82) is 0 Å². The van der Waals surface area contributed by atoms with Gasteiger partial charge in [0.1, 0.15) is 11.6 Å². The molecule has 0 unspecified atom stereocenters. The Bertz CT molecular complexity index is 681. The van der Waals surface area contributed by atoms with Gasteiger partial charge in [0, 0.05) is 10.9 Å². The molecule has 6 heteroatoms. The maximum atomic E-state index is 13.5. The van der Waals surface area contributed by atoms with Crippen LogP contribution in [0.1, 0.15) is 31.8 Å². The maximum Gasteiger partial charge on any atom is 0.251 e. The predicted molar refractivity (Wildman–Crippen MR) is 78.4 cm³/mol. The molecule has 0 atom stereocenters. The highest BCUT2D eigenvalue weighted by molar-refractivity contribution is 7.14. The molecular weight excluding hydrogens is 293 g/mol. The van der Waals surface area contributed by atoms with Gasteiger partial charge in [-0.2, -0.15) is 0 Å². The molecule has 2 aromatic rings. The molecule has 0 radical (unpaired) electrons. The fourth-order valence-corrected chi connectivity index (χ4v) is 2.59. The van der Waals surface area contributed by atoms with Gasteiger partial charge in [-0.3, -0.25) is 9.59 Å². The highest BCUT2D eigenvalue weighted by atomic mass is 32.1. The summed E-state index contributed by atoms with van der Waals surface area (Å²) in [6.07, 6.45) is 0.874. The van der Waals surface area contributed by atoms with Crippen LogP contribution in [0.3, 0.4) is 0 Å². The summed E-state index contributed by atoms with van der Waals surface area (Å²) in [4.78, 5) is 24.6. The first-order valence-electron chi connectivity index (χ1n) is 6.35. The Kier molecular flexibility index (Phi) is 4.70. The number of halogens is 1. The van der Waals surface area contributed by atoms with Crippen molar-refractivity contribution >= 4 is 23.0 Å². The molecule has 4 nitrogen and oxygen atoms in total. The number of hydrogen-bond donors (Lipinski definition) is 1. The summed E-state index contributed by atoms with van der Waals surface area (Å²) in [5, 5.41) is 0. The molecular formula is C15H14FNO3S. The minimum absolute atomic E-state index is 0.168. The lowest BCUT2D eigenvalue weighted by atomic mass is 10.2. The van der Waals surface area contributed by atoms with E-state index in [1.165, 1.54) is 23.5 Å². The second-order valence-electron chi connectivity index (χ2n) is 4.34. The number of primary amides is 1. The summed E-state index contributed by atoms with van der Waals surface area (Å²) >= 11 is 1.42. The van der Waals surface area contributed by atoms with Gasteiger partial charge in [0.15, 0.2) is 6.61 Å². The van der Waals surface area contributed by atoms with Crippen molar-refractivity contribution in [2.24, 2.45) is 5.73 Å². The zero-order valence-corrected chi connectivity index (χ0v) is 12.2. The second kappa shape index (κ2) is 6.49. The van der Waals surface area contributed by atoms with E-state index in [4.69, 9.17) is 10.5 Å². The molecule has 1 heterocycles. The SMILES string of the molecule is CCc1ccc(C(=O)COc2ccc(C(N)=O)c(F)c2)s1. The number of carbonyl (C=O) groups excluding carboxylic acids is 2. The average molecular weight is 307 g/mol. The summed E-state index contributed by atoms with van der Waals surface area (Å²) in [6, 6.07) is 7.34. The zero-order valence-electron chi connectivity index (χ0n) is 11.4. The number of benzene rings is 1. The molecule has 1 aromatic heterocycles. The van der Waals surface area contributed by atoms with Gasteiger partial charge in [-0.15, -0.1) is 11.3 Å². The van der Waals surface area contributed by atoms with E-state index in [9.17, 15) is 14.0 Å². The number of ketones is 1. The lowest BCUT2D eigenvalue weighted by molar-refractivity contribution is 0.0923. The monoisotopic (exact) mass is 307 g/mol. The Morgan fingerprint density at radius 1 is 1.29 bits per heavy atom. The molecule has 0 spiro atoms. The van der Waals surface area contributed by atoms with Crippen molar-refractivity contribution in [3.05, 3.63) is 51.5 Å². The molecule has 110 valence electrons. The number of Topliss-reactive ketones (excluding diaryl/α,β-unsaturated/α-hetero) is 1. The standard InChI is InChI=1S/C15H14FNO3S/c1-2-10-4-6-14(21-10)13(18)8-20-9-3-5-11(15(17)19)12(16)7-9/h3-7H,2,8H2,1H3,(H2,17,19). The van der Waals surface area contributed by atoms with E-state index in [1.54, 1.807) is 6.07 Å². The molecule has 2 rings (SSSR count). The van der Waals surface area contributed by atoms with Crippen molar-refractivity contribution in [2.45, 2.75) is 13.3 Å². The van der Waals surface area contributed by atoms with E-state index in [0.29, 0.717) is 4.88 Å². The molecule has 21 heavy (non-hydrogen) atoms. The zero-order chi connectivity index (χ0) is 15.4.